The number of carbonyl (C=O) groups is 2. The second kappa shape index (κ2) is 9.34. The quantitative estimate of drug-likeness (QED) is 0.233. The summed E-state index contributed by atoms with van der Waals surface area (Å²) in [6.07, 6.45) is 0.915. The highest BCUT2D eigenvalue weighted by atomic mass is 35.5. The van der Waals surface area contributed by atoms with Crippen molar-refractivity contribution in [1.82, 2.24) is 14.9 Å². The third-order valence-electron chi connectivity index (χ3n) is 7.02. The molecule has 3 aliphatic heterocycles. The van der Waals surface area contributed by atoms with Gasteiger partial charge in [-0.25, -0.2) is 4.79 Å². The van der Waals surface area contributed by atoms with E-state index in [1.54, 1.807) is 18.7 Å². The first-order valence-corrected chi connectivity index (χ1v) is 11.6. The van der Waals surface area contributed by atoms with Crippen molar-refractivity contribution in [2.24, 2.45) is 25.9 Å². The van der Waals surface area contributed by atoms with Crippen molar-refractivity contribution in [3.8, 4) is 0 Å². The lowest BCUT2D eigenvalue weighted by Crippen LogP contribution is -3.00. The van der Waals surface area contributed by atoms with Gasteiger partial charge in [0.25, 0.3) is 0 Å². The summed E-state index contributed by atoms with van der Waals surface area (Å²) in [5.41, 5.74) is 2.08. The number of nitrogens with one attached hydrogen (secondary N) is 1. The zero-order chi connectivity index (χ0) is 22.6. The third kappa shape index (κ3) is 3.96. The molecule has 2 fully saturated rings. The summed E-state index contributed by atoms with van der Waals surface area (Å²) >= 11 is 1.56. The molecule has 0 aromatic carbocycles. The first kappa shape index (κ1) is 25.0. The van der Waals surface area contributed by atoms with Crippen LogP contribution in [0.5, 0.6) is 0 Å². The molecule has 4 N–H and O–H groups in total. The lowest BCUT2D eigenvalue weighted by molar-refractivity contribution is -0.758. The molecule has 32 heavy (non-hydrogen) atoms. The number of aliphatic carboxylic acids is 1. The number of carboxylic acids is 1. The fourth-order valence-electron chi connectivity index (χ4n) is 5.24. The van der Waals surface area contributed by atoms with Gasteiger partial charge >= 0.3 is 5.97 Å². The molecule has 2 saturated heterocycles. The number of amides is 1. The predicted octanol–water partition coefficient (Wildman–Crippen LogP) is -3.49. The van der Waals surface area contributed by atoms with E-state index in [2.05, 4.69) is 5.32 Å². The lowest BCUT2D eigenvalue weighted by atomic mass is 9.79. The minimum atomic E-state index is -1.08. The average Bonchev–Trinajstić information content (AvgIpc) is 3.33. The minimum absolute atomic E-state index is 0. The van der Waals surface area contributed by atoms with Crippen LogP contribution in [0.1, 0.15) is 31.7 Å². The zero-order valence-corrected chi connectivity index (χ0v) is 20.2. The molecule has 0 radical (unpaired) electrons. The average molecular weight is 487 g/mol. The molecule has 0 saturated carbocycles. The van der Waals surface area contributed by atoms with Gasteiger partial charge in [0, 0.05) is 34.7 Å². The first-order chi connectivity index (χ1) is 14.6. The monoisotopic (exact) mass is 486 g/mol. The van der Waals surface area contributed by atoms with E-state index in [-0.39, 0.29) is 53.9 Å². The van der Waals surface area contributed by atoms with Gasteiger partial charge in [-0.2, -0.15) is 4.68 Å². The summed E-state index contributed by atoms with van der Waals surface area (Å²) in [7, 11) is 3.89. The number of fused-ring (bicyclic) bond motifs is 1. The molecule has 0 bridgehead atoms. The number of aliphatic hydroxyl groups is 2. The van der Waals surface area contributed by atoms with Gasteiger partial charge in [-0.1, -0.05) is 6.92 Å². The Morgan fingerprint density at radius 1 is 1.44 bits per heavy atom. The van der Waals surface area contributed by atoms with Gasteiger partial charge in [0.2, 0.25) is 11.6 Å². The van der Waals surface area contributed by atoms with Gasteiger partial charge < -0.3 is 37.9 Å². The van der Waals surface area contributed by atoms with Crippen molar-refractivity contribution in [1.29, 1.82) is 0 Å². The number of aliphatic hydroxyl groups excluding tert-OH is 2. The molecule has 4 rings (SSSR count). The number of thioether (sulfide) groups is 1. The second-order valence-electron chi connectivity index (χ2n) is 8.89. The second-order valence-corrected chi connectivity index (χ2v) is 10.2. The van der Waals surface area contributed by atoms with Gasteiger partial charge in [-0.3, -0.25) is 4.79 Å². The molecule has 1 amide bonds. The van der Waals surface area contributed by atoms with Crippen LogP contribution in [0.15, 0.2) is 16.7 Å². The zero-order valence-electron chi connectivity index (χ0n) is 18.7. The number of carbonyl (C=O) groups excluding carboxylic acids is 1. The van der Waals surface area contributed by atoms with E-state index in [1.807, 2.05) is 36.4 Å². The van der Waals surface area contributed by atoms with Crippen molar-refractivity contribution < 1.29 is 42.0 Å². The van der Waals surface area contributed by atoms with Crippen LogP contribution in [0, 0.1) is 11.8 Å². The molecule has 0 spiro atoms. The van der Waals surface area contributed by atoms with Crippen LogP contribution >= 0.6 is 11.8 Å². The number of hydrogen-bond acceptors (Lipinski definition) is 6. The Morgan fingerprint density at radius 3 is 2.69 bits per heavy atom. The van der Waals surface area contributed by atoms with Gasteiger partial charge in [0.15, 0.2) is 7.05 Å². The standard InChI is InChI=1S/C21H30N4O5S.ClH/c1-10-17-16(11(2)27)20(28)25(17)18(21(29)30)19(10)31-15-6-12(22-8-15)5-13-7-14(9-26)24(4)23(13)3;/h7,10-12,15-17,22,26-27H,5-6,8-9H2,1-4H3;1H/t10-,11-,12-,15+,16-,17-;/m1./s1. The Kier molecular flexibility index (Phi) is 7.31. The van der Waals surface area contributed by atoms with Gasteiger partial charge in [-0.05, 0) is 13.3 Å². The molecular formula is C21H31ClN4O5S. The number of nitrogens with zero attached hydrogens (tertiary/aromatic N) is 3. The maximum Gasteiger partial charge on any atom is 0.353 e. The number of aromatic nitrogens is 2. The summed E-state index contributed by atoms with van der Waals surface area (Å²) in [5, 5.41) is 33.0. The number of hydrogen-bond donors (Lipinski definition) is 4. The number of β-lactam (4-membered cyclic amide) rings is 1. The largest absolute Gasteiger partial charge is 1.00 e. The molecule has 4 heterocycles. The highest BCUT2D eigenvalue weighted by Crippen LogP contribution is 2.51. The molecule has 3 aliphatic rings. The molecule has 6 atom stereocenters. The SMILES string of the molecule is C[C@@H](O)[C@H]1C(=O)N2C(C(=O)O)=C(S[C@@H]3CN[C@H](Cc4cc(CO)n(C)[n+]4C)C3)[C@H](C)[C@H]12.[Cl-]. The van der Waals surface area contributed by atoms with Gasteiger partial charge in [0.1, 0.15) is 11.4 Å². The summed E-state index contributed by atoms with van der Waals surface area (Å²) in [4.78, 5) is 26.6. The number of rotatable bonds is 7. The maximum atomic E-state index is 12.5. The van der Waals surface area contributed by atoms with E-state index in [0.29, 0.717) is 0 Å². The third-order valence-corrected chi connectivity index (χ3v) is 8.53. The first-order valence-electron chi connectivity index (χ1n) is 10.7. The van der Waals surface area contributed by atoms with Crippen LogP contribution in [-0.4, -0.2) is 66.8 Å². The molecular weight excluding hydrogens is 456 g/mol. The summed E-state index contributed by atoms with van der Waals surface area (Å²) in [6.45, 7) is 4.31. The van der Waals surface area contributed by atoms with Crippen LogP contribution < -0.4 is 22.4 Å². The van der Waals surface area contributed by atoms with Crippen molar-refractivity contribution in [2.75, 3.05) is 6.54 Å². The van der Waals surface area contributed by atoms with E-state index >= 15 is 0 Å². The van der Waals surface area contributed by atoms with Crippen LogP contribution in [0.2, 0.25) is 0 Å². The molecule has 9 nitrogen and oxygen atoms in total. The normalized spacial score (nSPS) is 30.2. The van der Waals surface area contributed by atoms with E-state index < -0.39 is 18.0 Å². The predicted molar refractivity (Wildman–Crippen MR) is 114 cm³/mol. The summed E-state index contributed by atoms with van der Waals surface area (Å²) in [6, 6.07) is 2.00. The van der Waals surface area contributed by atoms with Crippen LogP contribution in [0.25, 0.3) is 0 Å². The summed E-state index contributed by atoms with van der Waals surface area (Å²) in [5.74, 6) is -2.01. The van der Waals surface area contributed by atoms with Crippen LogP contribution in [0.4, 0.5) is 0 Å². The van der Waals surface area contributed by atoms with Crippen molar-refractivity contribution in [3.63, 3.8) is 0 Å². The molecule has 0 aliphatic carbocycles. The molecule has 1 aromatic rings. The van der Waals surface area contributed by atoms with Crippen molar-refractivity contribution in [3.05, 3.63) is 28.1 Å². The van der Waals surface area contributed by atoms with Crippen molar-refractivity contribution >= 4 is 23.6 Å². The van der Waals surface area contributed by atoms with E-state index in [9.17, 15) is 24.9 Å². The highest BCUT2D eigenvalue weighted by molar-refractivity contribution is 8.03. The summed E-state index contributed by atoms with van der Waals surface area (Å²) < 4.78 is 3.96. The Labute approximate surface area is 197 Å². The minimum Gasteiger partial charge on any atom is -1.00 e. The van der Waals surface area contributed by atoms with Crippen LogP contribution in [0.3, 0.4) is 0 Å². The Hall–Kier alpha value is -1.59. The van der Waals surface area contributed by atoms with Crippen molar-refractivity contribution in [2.45, 2.75) is 56.7 Å². The van der Waals surface area contributed by atoms with Crippen LogP contribution in [-0.2, 0) is 36.7 Å². The smallest absolute Gasteiger partial charge is 0.353 e. The van der Waals surface area contributed by atoms with E-state index in [0.717, 1.165) is 35.7 Å². The molecule has 0 unspecified atom stereocenters. The Balaban J connectivity index is 0.00000289. The number of halogens is 1. The molecule has 178 valence electrons. The topological polar surface area (TPSA) is 119 Å². The van der Waals surface area contributed by atoms with Gasteiger partial charge in [-0.15, -0.1) is 16.4 Å². The Bertz CT molecular complexity index is 949. The number of carboxylic acid groups (broad SMARTS) is 1. The lowest BCUT2D eigenvalue weighted by Gasteiger charge is -2.46. The highest BCUT2D eigenvalue weighted by Gasteiger charge is 2.60. The molecule has 1 aromatic heterocycles. The van der Waals surface area contributed by atoms with E-state index in [4.69, 9.17) is 0 Å². The fourth-order valence-corrected chi connectivity index (χ4v) is 6.76. The molecule has 11 heteroatoms. The van der Waals surface area contributed by atoms with Gasteiger partial charge in [0.05, 0.1) is 38.1 Å². The fraction of sp³-hybridized carbons (Fsp3) is 0.667. The maximum absolute atomic E-state index is 12.5. The van der Waals surface area contributed by atoms with E-state index in [1.165, 1.54) is 4.90 Å². The Morgan fingerprint density at radius 2 is 2.12 bits per heavy atom.